The van der Waals surface area contributed by atoms with Crippen LogP contribution in [-0.4, -0.2) is 10.9 Å². The number of nitrogens with one attached hydrogen (secondary N) is 1. The minimum atomic E-state index is 0.0616. The van der Waals surface area contributed by atoms with Crippen LogP contribution in [-0.2, 0) is 0 Å². The molecule has 0 unspecified atom stereocenters. The van der Waals surface area contributed by atoms with E-state index in [0.717, 1.165) is 5.52 Å². The van der Waals surface area contributed by atoms with Crippen LogP contribution in [0.1, 0.15) is 0 Å². The summed E-state index contributed by atoms with van der Waals surface area (Å²) in [6.45, 7) is 0. The number of hydrogen-bond donors (Lipinski definition) is 3. The number of hydrogen-bond acceptors (Lipinski definition) is 2. The van der Waals surface area contributed by atoms with Crippen molar-refractivity contribution < 1.29 is 9.41 Å². The number of para-hydroxylation sites is 2. The highest BCUT2D eigenvalue weighted by Gasteiger charge is 2.06. The van der Waals surface area contributed by atoms with Gasteiger partial charge < -0.3 is 15.9 Å². The van der Waals surface area contributed by atoms with Crippen LogP contribution in [0.3, 0.4) is 0 Å². The van der Waals surface area contributed by atoms with Gasteiger partial charge in [0, 0.05) is 0 Å². The fourth-order valence-electron chi connectivity index (χ4n) is 1.05. The number of guanidine groups is 1. The van der Waals surface area contributed by atoms with E-state index in [9.17, 15) is 0 Å². The third kappa shape index (κ3) is 1.44. The van der Waals surface area contributed by atoms with Crippen molar-refractivity contribution >= 4 is 23.1 Å². The summed E-state index contributed by atoms with van der Waals surface area (Å²) in [6, 6.07) is 7.72. The van der Waals surface area contributed by atoms with Gasteiger partial charge in [0.05, 0.1) is 0 Å². The maximum Gasteiger partial charge on any atom is 0.406 e. The topological polar surface area (TPSA) is 92.0 Å². The summed E-state index contributed by atoms with van der Waals surface area (Å²) in [5.41, 5.74) is 11.9. The summed E-state index contributed by atoms with van der Waals surface area (Å²) in [6.07, 6.45) is 0. The molecule has 0 spiro atoms. The first kappa shape index (κ1) is 7.60. The molecule has 0 fully saturated rings. The van der Waals surface area contributed by atoms with Gasteiger partial charge >= 0.3 is 12.0 Å². The van der Waals surface area contributed by atoms with Crippen molar-refractivity contribution in [2.75, 3.05) is 0 Å². The predicted octanol–water partition coefficient (Wildman–Crippen LogP) is -1.19. The van der Waals surface area contributed by atoms with E-state index < -0.39 is 0 Å². The Morgan fingerprint density at radius 1 is 1.31 bits per heavy atom. The van der Waals surface area contributed by atoms with Gasteiger partial charge in [-0.2, -0.15) is 0 Å². The molecule has 1 aromatic carbocycles. The maximum absolute atomic E-state index is 5.28. The summed E-state index contributed by atoms with van der Waals surface area (Å²) in [5.74, 6) is 0.0616. The normalized spacial score (nSPS) is 10.2. The van der Waals surface area contributed by atoms with Gasteiger partial charge in [0.15, 0.2) is 11.1 Å². The van der Waals surface area contributed by atoms with Crippen LogP contribution in [0.2, 0.25) is 0 Å². The van der Waals surface area contributed by atoms with E-state index in [0.29, 0.717) is 11.6 Å². The van der Waals surface area contributed by atoms with E-state index in [-0.39, 0.29) is 5.96 Å². The number of oxazole rings is 1. The number of fused-ring (bicyclic) bond motifs is 1. The number of aromatic nitrogens is 1. The molecule has 0 amide bonds. The Hall–Kier alpha value is -2.04. The fourth-order valence-corrected chi connectivity index (χ4v) is 1.05. The van der Waals surface area contributed by atoms with Crippen LogP contribution in [0.5, 0.6) is 0 Å². The van der Waals surface area contributed by atoms with Crippen molar-refractivity contribution in [2.45, 2.75) is 0 Å². The van der Waals surface area contributed by atoms with E-state index in [4.69, 9.17) is 15.9 Å². The highest BCUT2D eigenvalue weighted by Crippen LogP contribution is 2.14. The second-order valence-electron chi connectivity index (χ2n) is 2.57. The standard InChI is InChI=1S/C8H8N4O/c9-7(10)12-8-11-5-3-1-2-4-6(5)13-8/h1-4H,(H4,9,10,11,12)/p+1. The summed E-state index contributed by atoms with van der Waals surface area (Å²) in [4.78, 5) is 6.68. The van der Waals surface area contributed by atoms with Crippen LogP contribution >= 0.6 is 0 Å². The zero-order valence-electron chi connectivity index (χ0n) is 6.82. The lowest BCUT2D eigenvalue weighted by atomic mass is 10.3. The number of benzene rings is 1. The first-order valence-electron chi connectivity index (χ1n) is 3.76. The molecule has 5 N–H and O–H groups in total. The molecule has 5 nitrogen and oxygen atoms in total. The molecule has 0 aliphatic rings. The summed E-state index contributed by atoms with van der Waals surface area (Å²) in [7, 11) is 0. The Kier molecular flexibility index (Phi) is 1.63. The van der Waals surface area contributed by atoms with Crippen molar-refractivity contribution in [3.63, 3.8) is 0 Å². The van der Waals surface area contributed by atoms with Gasteiger partial charge in [-0.05, 0) is 12.1 Å². The Bertz CT molecular complexity index is 423. The molecule has 0 aliphatic heterocycles. The average Bonchev–Trinajstić information content (AvgIpc) is 2.44. The first-order chi connectivity index (χ1) is 6.25. The van der Waals surface area contributed by atoms with Crippen molar-refractivity contribution in [3.8, 4) is 0 Å². The average molecular weight is 177 g/mol. The minimum absolute atomic E-state index is 0.0616. The highest BCUT2D eigenvalue weighted by atomic mass is 16.4. The lowest BCUT2D eigenvalue weighted by Crippen LogP contribution is -2.72. The van der Waals surface area contributed by atoms with Gasteiger partial charge in [0.25, 0.3) is 0 Å². The van der Waals surface area contributed by atoms with Crippen molar-refractivity contribution in [1.29, 1.82) is 0 Å². The number of nitrogens with two attached hydrogens (primary N) is 2. The molecular weight excluding hydrogens is 168 g/mol. The molecule has 1 aromatic heterocycles. The molecule has 2 rings (SSSR count). The van der Waals surface area contributed by atoms with Gasteiger partial charge in [0.2, 0.25) is 0 Å². The lowest BCUT2D eigenvalue weighted by molar-refractivity contribution is -0.379. The monoisotopic (exact) mass is 177 g/mol. The van der Waals surface area contributed by atoms with Crippen molar-refractivity contribution in [2.24, 2.45) is 11.5 Å². The molecule has 0 radical (unpaired) electrons. The van der Waals surface area contributed by atoms with Gasteiger partial charge in [-0.3, -0.25) is 0 Å². The van der Waals surface area contributed by atoms with Crippen molar-refractivity contribution in [3.05, 3.63) is 24.3 Å². The Morgan fingerprint density at radius 3 is 2.77 bits per heavy atom. The quantitative estimate of drug-likeness (QED) is 0.377. The predicted molar refractivity (Wildman–Crippen MR) is 48.0 cm³/mol. The summed E-state index contributed by atoms with van der Waals surface area (Å²) < 4.78 is 5.28. The molecule has 2 aromatic rings. The van der Waals surface area contributed by atoms with Crippen LogP contribution in [0.4, 0.5) is 6.01 Å². The third-order valence-electron chi connectivity index (χ3n) is 1.55. The zero-order chi connectivity index (χ0) is 9.26. The first-order valence-corrected chi connectivity index (χ1v) is 3.76. The molecule has 0 saturated carbocycles. The lowest BCUT2D eigenvalue weighted by Gasteiger charge is -1.80. The fraction of sp³-hybridized carbons (Fsp3) is 0. The molecule has 5 heteroatoms. The van der Waals surface area contributed by atoms with E-state index in [1.807, 2.05) is 24.3 Å². The van der Waals surface area contributed by atoms with E-state index in [1.54, 1.807) is 0 Å². The molecule has 13 heavy (non-hydrogen) atoms. The zero-order valence-corrected chi connectivity index (χ0v) is 6.82. The van der Waals surface area contributed by atoms with E-state index >= 15 is 0 Å². The smallest absolute Gasteiger partial charge is 0.404 e. The van der Waals surface area contributed by atoms with E-state index in [2.05, 4.69) is 9.98 Å². The maximum atomic E-state index is 5.28. The summed E-state index contributed by atoms with van der Waals surface area (Å²) in [5, 5.41) is 0. The van der Waals surface area contributed by atoms with Gasteiger partial charge in [0.1, 0.15) is 0 Å². The van der Waals surface area contributed by atoms with Crippen molar-refractivity contribution in [1.82, 2.24) is 4.98 Å². The van der Waals surface area contributed by atoms with Gasteiger partial charge in [-0.25, -0.2) is 4.99 Å². The number of rotatable bonds is 1. The van der Waals surface area contributed by atoms with Gasteiger partial charge in [-0.1, -0.05) is 17.1 Å². The molecule has 1 heterocycles. The van der Waals surface area contributed by atoms with E-state index in [1.165, 1.54) is 0 Å². The minimum Gasteiger partial charge on any atom is -0.404 e. The molecule has 0 aliphatic carbocycles. The Morgan fingerprint density at radius 2 is 2.08 bits per heavy atom. The molecule has 0 bridgehead atoms. The second-order valence-corrected chi connectivity index (χ2v) is 2.57. The van der Waals surface area contributed by atoms with Crippen LogP contribution in [0, 0.1) is 0 Å². The van der Waals surface area contributed by atoms with Crippen LogP contribution in [0.15, 0.2) is 28.7 Å². The van der Waals surface area contributed by atoms with Crippen LogP contribution in [0.25, 0.3) is 11.1 Å². The third-order valence-corrected chi connectivity index (χ3v) is 1.55. The molecule has 0 atom stereocenters. The second kappa shape index (κ2) is 2.78. The Labute approximate surface area is 74.1 Å². The highest BCUT2D eigenvalue weighted by molar-refractivity contribution is 5.74. The largest absolute Gasteiger partial charge is 0.406 e. The molecular formula is C8H9N4O+. The molecule has 66 valence electrons. The molecule has 0 saturated heterocycles. The van der Waals surface area contributed by atoms with Crippen LogP contribution < -0.4 is 16.5 Å². The Balaban J connectivity index is 2.56. The van der Waals surface area contributed by atoms with Gasteiger partial charge in [-0.15, -0.1) is 0 Å². The number of nitrogens with zero attached hydrogens (tertiary/aromatic N) is 1. The SMILES string of the molecule is NC(N)=[NH+]c1nc2ccccc2o1. The summed E-state index contributed by atoms with van der Waals surface area (Å²) >= 11 is 0.